The number of ether oxygens (including phenoxy) is 1. The van der Waals surface area contributed by atoms with Crippen LogP contribution in [0.3, 0.4) is 0 Å². The smallest absolute Gasteiger partial charge is 0.135 e. The van der Waals surface area contributed by atoms with Crippen molar-refractivity contribution in [1.29, 1.82) is 0 Å². The SMILES string of the molecule is c1ccc2c(c1)SCN2SC1CNCCO1. The van der Waals surface area contributed by atoms with Crippen LogP contribution in [0, 0.1) is 0 Å². The molecule has 5 heteroatoms. The highest BCUT2D eigenvalue weighted by Gasteiger charge is 2.24. The summed E-state index contributed by atoms with van der Waals surface area (Å²) in [5.74, 6) is 1.02. The lowest BCUT2D eigenvalue weighted by Gasteiger charge is -2.27. The molecule has 2 aliphatic heterocycles. The third kappa shape index (κ3) is 2.18. The Labute approximate surface area is 104 Å². The van der Waals surface area contributed by atoms with Gasteiger partial charge in [-0.2, -0.15) is 0 Å². The van der Waals surface area contributed by atoms with E-state index in [1.807, 2.05) is 11.8 Å². The van der Waals surface area contributed by atoms with Crippen molar-refractivity contribution < 1.29 is 4.74 Å². The minimum Gasteiger partial charge on any atom is -0.363 e. The Kier molecular flexibility index (Phi) is 3.28. The van der Waals surface area contributed by atoms with E-state index in [1.165, 1.54) is 10.6 Å². The first-order chi connectivity index (χ1) is 7.93. The summed E-state index contributed by atoms with van der Waals surface area (Å²) in [6, 6.07) is 8.55. The van der Waals surface area contributed by atoms with Crippen LogP contribution in [-0.4, -0.2) is 31.0 Å². The molecule has 0 bridgehead atoms. The standard InChI is InChI=1S/C11H14N2OS2/c1-2-4-10-9(3-1)13(8-15-10)16-11-7-12-5-6-14-11/h1-4,11-12H,5-8H2. The van der Waals surface area contributed by atoms with Crippen molar-refractivity contribution in [2.24, 2.45) is 0 Å². The van der Waals surface area contributed by atoms with Gasteiger partial charge in [0, 0.05) is 18.0 Å². The Morgan fingerprint density at radius 1 is 1.44 bits per heavy atom. The van der Waals surface area contributed by atoms with Gasteiger partial charge in [0.05, 0.1) is 18.2 Å². The van der Waals surface area contributed by atoms with Gasteiger partial charge < -0.3 is 14.4 Å². The molecule has 1 N–H and O–H groups in total. The first-order valence-corrected chi connectivity index (χ1v) is 7.24. The van der Waals surface area contributed by atoms with Gasteiger partial charge in [-0.3, -0.25) is 0 Å². The van der Waals surface area contributed by atoms with Gasteiger partial charge in [0.1, 0.15) is 5.44 Å². The molecule has 1 atom stereocenters. The number of para-hydroxylation sites is 1. The van der Waals surface area contributed by atoms with Crippen molar-refractivity contribution in [3.05, 3.63) is 24.3 Å². The van der Waals surface area contributed by atoms with Crippen LogP contribution in [0.15, 0.2) is 29.2 Å². The Balaban J connectivity index is 1.68. The zero-order chi connectivity index (χ0) is 10.8. The van der Waals surface area contributed by atoms with E-state index in [9.17, 15) is 0 Å². The Bertz CT molecular complexity index is 369. The fourth-order valence-electron chi connectivity index (χ4n) is 1.82. The van der Waals surface area contributed by atoms with Gasteiger partial charge in [-0.1, -0.05) is 12.1 Å². The van der Waals surface area contributed by atoms with E-state index in [0.29, 0.717) is 0 Å². The van der Waals surface area contributed by atoms with Crippen LogP contribution in [0.1, 0.15) is 0 Å². The number of morpholine rings is 1. The second-order valence-electron chi connectivity index (χ2n) is 3.73. The Morgan fingerprint density at radius 3 is 3.25 bits per heavy atom. The summed E-state index contributed by atoms with van der Waals surface area (Å²) < 4.78 is 8.04. The number of hydrogen-bond donors (Lipinski definition) is 1. The number of fused-ring (bicyclic) bond motifs is 1. The van der Waals surface area contributed by atoms with Crippen LogP contribution in [0.5, 0.6) is 0 Å². The third-order valence-electron chi connectivity index (χ3n) is 2.61. The van der Waals surface area contributed by atoms with Crippen molar-refractivity contribution in [3.8, 4) is 0 Å². The molecule has 0 radical (unpaired) electrons. The van der Waals surface area contributed by atoms with E-state index in [2.05, 4.69) is 33.9 Å². The van der Waals surface area contributed by atoms with Crippen LogP contribution in [-0.2, 0) is 4.74 Å². The van der Waals surface area contributed by atoms with E-state index in [-0.39, 0.29) is 5.44 Å². The molecule has 0 aromatic heterocycles. The number of nitrogens with zero attached hydrogens (tertiary/aromatic N) is 1. The number of benzene rings is 1. The molecule has 2 heterocycles. The second-order valence-corrected chi connectivity index (χ2v) is 5.89. The van der Waals surface area contributed by atoms with E-state index in [0.717, 1.165) is 25.6 Å². The third-order valence-corrected chi connectivity index (χ3v) is 4.93. The van der Waals surface area contributed by atoms with Gasteiger partial charge in [0.15, 0.2) is 0 Å². The maximum absolute atomic E-state index is 5.70. The van der Waals surface area contributed by atoms with Crippen molar-refractivity contribution >= 4 is 29.4 Å². The summed E-state index contributed by atoms with van der Waals surface area (Å²) in [6.07, 6.45) is 0. The zero-order valence-corrected chi connectivity index (χ0v) is 10.5. The summed E-state index contributed by atoms with van der Waals surface area (Å²) in [6.45, 7) is 2.73. The van der Waals surface area contributed by atoms with Gasteiger partial charge in [-0.25, -0.2) is 0 Å². The van der Waals surface area contributed by atoms with E-state index in [1.54, 1.807) is 11.9 Å². The van der Waals surface area contributed by atoms with Crippen molar-refractivity contribution in [2.75, 3.05) is 29.9 Å². The highest BCUT2D eigenvalue weighted by molar-refractivity contribution is 8.05. The molecule has 1 unspecified atom stereocenters. The summed E-state index contributed by atoms with van der Waals surface area (Å²) >= 11 is 3.69. The number of hydrogen-bond acceptors (Lipinski definition) is 5. The minimum absolute atomic E-state index is 0.250. The predicted octanol–water partition coefficient (Wildman–Crippen LogP) is 2.15. The minimum atomic E-state index is 0.250. The molecule has 0 spiro atoms. The lowest BCUT2D eigenvalue weighted by molar-refractivity contribution is 0.0852. The number of anilines is 1. The highest BCUT2D eigenvalue weighted by Crippen LogP contribution is 2.42. The average Bonchev–Trinajstić information content (AvgIpc) is 2.74. The molecular weight excluding hydrogens is 240 g/mol. The van der Waals surface area contributed by atoms with Crippen molar-refractivity contribution in [3.63, 3.8) is 0 Å². The van der Waals surface area contributed by atoms with Gasteiger partial charge in [-0.15, -0.1) is 11.8 Å². The van der Waals surface area contributed by atoms with Crippen LogP contribution < -0.4 is 9.62 Å². The molecule has 16 heavy (non-hydrogen) atoms. The number of rotatable bonds is 2. The Hall–Kier alpha value is -0.360. The van der Waals surface area contributed by atoms with E-state index >= 15 is 0 Å². The zero-order valence-electron chi connectivity index (χ0n) is 8.89. The van der Waals surface area contributed by atoms with Crippen LogP contribution >= 0.6 is 23.7 Å². The number of nitrogens with one attached hydrogen (secondary N) is 1. The van der Waals surface area contributed by atoms with Crippen LogP contribution in [0.2, 0.25) is 0 Å². The van der Waals surface area contributed by atoms with Gasteiger partial charge in [0.25, 0.3) is 0 Å². The molecule has 1 aromatic carbocycles. The Morgan fingerprint density at radius 2 is 2.38 bits per heavy atom. The fourth-order valence-corrected chi connectivity index (χ4v) is 4.08. The summed E-state index contributed by atoms with van der Waals surface area (Å²) in [5, 5.41) is 3.35. The summed E-state index contributed by atoms with van der Waals surface area (Å²) in [4.78, 5) is 1.37. The van der Waals surface area contributed by atoms with Crippen molar-refractivity contribution in [1.82, 2.24) is 5.32 Å². The largest absolute Gasteiger partial charge is 0.363 e. The molecule has 2 aliphatic rings. The van der Waals surface area contributed by atoms with Crippen molar-refractivity contribution in [2.45, 2.75) is 10.3 Å². The van der Waals surface area contributed by atoms with Crippen LogP contribution in [0.4, 0.5) is 5.69 Å². The predicted molar refractivity (Wildman–Crippen MR) is 69.8 cm³/mol. The molecule has 3 rings (SSSR count). The second kappa shape index (κ2) is 4.87. The van der Waals surface area contributed by atoms with Gasteiger partial charge >= 0.3 is 0 Å². The first-order valence-electron chi connectivity index (χ1n) is 5.42. The highest BCUT2D eigenvalue weighted by atomic mass is 32.2. The molecule has 0 saturated carbocycles. The maximum atomic E-state index is 5.70. The molecular formula is C11H14N2OS2. The van der Waals surface area contributed by atoms with E-state index in [4.69, 9.17) is 4.74 Å². The molecule has 86 valence electrons. The quantitative estimate of drug-likeness (QED) is 0.815. The van der Waals surface area contributed by atoms with E-state index < -0.39 is 0 Å². The molecule has 1 saturated heterocycles. The lowest BCUT2D eigenvalue weighted by Crippen LogP contribution is -2.38. The maximum Gasteiger partial charge on any atom is 0.135 e. The topological polar surface area (TPSA) is 24.5 Å². The normalized spacial score (nSPS) is 24.5. The monoisotopic (exact) mass is 254 g/mol. The van der Waals surface area contributed by atoms with Crippen LogP contribution in [0.25, 0.3) is 0 Å². The molecule has 1 aromatic rings. The summed E-state index contributed by atoms with van der Waals surface area (Å²) in [5.41, 5.74) is 1.58. The molecule has 3 nitrogen and oxygen atoms in total. The molecule has 0 amide bonds. The fraction of sp³-hybridized carbons (Fsp3) is 0.455. The molecule has 0 aliphatic carbocycles. The number of thioether (sulfide) groups is 1. The van der Waals surface area contributed by atoms with Gasteiger partial charge in [-0.05, 0) is 24.1 Å². The summed E-state index contributed by atoms with van der Waals surface area (Å²) in [7, 11) is 0. The lowest BCUT2D eigenvalue weighted by atomic mass is 10.3. The first kappa shape index (κ1) is 10.8. The molecule has 1 fully saturated rings. The van der Waals surface area contributed by atoms with Gasteiger partial charge in [0.2, 0.25) is 0 Å². The average molecular weight is 254 g/mol.